The molecular formula is C13H16N6OS. The molecule has 3 rings (SSSR count). The number of amides is 1. The lowest BCUT2D eigenvalue weighted by atomic mass is 10.3. The zero-order valence-electron chi connectivity index (χ0n) is 11.5. The summed E-state index contributed by atoms with van der Waals surface area (Å²) in [6, 6.07) is 3.58. The number of aromatic nitrogens is 3. The molecule has 0 radical (unpaired) electrons. The number of hydrogen-bond donors (Lipinski definition) is 2. The van der Waals surface area contributed by atoms with Gasteiger partial charge in [0.2, 0.25) is 0 Å². The molecule has 1 aliphatic heterocycles. The van der Waals surface area contributed by atoms with Gasteiger partial charge in [-0.3, -0.25) is 4.79 Å². The van der Waals surface area contributed by atoms with Crippen molar-refractivity contribution in [3.05, 3.63) is 28.9 Å². The molecule has 1 saturated heterocycles. The summed E-state index contributed by atoms with van der Waals surface area (Å²) < 4.78 is 0. The van der Waals surface area contributed by atoms with Crippen LogP contribution in [0.3, 0.4) is 0 Å². The minimum Gasteiger partial charge on any atom is -0.382 e. The first-order valence-corrected chi connectivity index (χ1v) is 7.62. The van der Waals surface area contributed by atoms with Gasteiger partial charge in [0.1, 0.15) is 10.7 Å². The molecule has 2 aromatic heterocycles. The fraction of sp³-hybridized carbons (Fsp3) is 0.385. The van der Waals surface area contributed by atoms with E-state index in [1.165, 1.54) is 11.3 Å². The third kappa shape index (κ3) is 3.10. The third-order valence-corrected chi connectivity index (χ3v) is 4.41. The summed E-state index contributed by atoms with van der Waals surface area (Å²) in [6.07, 6.45) is 3.91. The van der Waals surface area contributed by atoms with Crippen LogP contribution in [0.5, 0.6) is 0 Å². The maximum absolute atomic E-state index is 12.2. The quantitative estimate of drug-likeness (QED) is 0.876. The van der Waals surface area contributed by atoms with Gasteiger partial charge in [0.25, 0.3) is 5.91 Å². The third-order valence-electron chi connectivity index (χ3n) is 3.28. The van der Waals surface area contributed by atoms with Crippen LogP contribution in [0.4, 0.5) is 10.9 Å². The van der Waals surface area contributed by atoms with Gasteiger partial charge in [0, 0.05) is 19.3 Å². The van der Waals surface area contributed by atoms with Gasteiger partial charge >= 0.3 is 0 Å². The second kappa shape index (κ2) is 6.04. The van der Waals surface area contributed by atoms with Gasteiger partial charge in [-0.15, -0.1) is 0 Å². The minimum absolute atomic E-state index is 0.221. The number of anilines is 2. The van der Waals surface area contributed by atoms with Crippen molar-refractivity contribution in [3.63, 3.8) is 0 Å². The van der Waals surface area contributed by atoms with Crippen LogP contribution in [0.1, 0.15) is 28.2 Å². The molecule has 8 heteroatoms. The number of carbonyl (C=O) groups is 1. The molecule has 1 amide bonds. The summed E-state index contributed by atoms with van der Waals surface area (Å²) in [6.45, 7) is 2.28. The lowest BCUT2D eigenvalue weighted by Crippen LogP contribution is -2.23. The van der Waals surface area contributed by atoms with Gasteiger partial charge in [0.05, 0.1) is 12.2 Å². The van der Waals surface area contributed by atoms with Crippen molar-refractivity contribution < 1.29 is 4.79 Å². The van der Waals surface area contributed by atoms with Gasteiger partial charge in [-0.1, -0.05) is 11.3 Å². The molecule has 0 aliphatic carbocycles. The van der Waals surface area contributed by atoms with Gasteiger partial charge < -0.3 is 16.0 Å². The Morgan fingerprint density at radius 1 is 1.43 bits per heavy atom. The van der Waals surface area contributed by atoms with Crippen molar-refractivity contribution >= 4 is 28.2 Å². The first kappa shape index (κ1) is 13.7. The largest absolute Gasteiger partial charge is 0.382 e. The van der Waals surface area contributed by atoms with Crippen molar-refractivity contribution in [2.24, 2.45) is 0 Å². The predicted molar refractivity (Wildman–Crippen MR) is 81.2 cm³/mol. The Bertz CT molecular complexity index is 623. The van der Waals surface area contributed by atoms with Crippen molar-refractivity contribution in [1.82, 2.24) is 20.5 Å². The highest BCUT2D eigenvalue weighted by Crippen LogP contribution is 2.30. The van der Waals surface area contributed by atoms with Crippen LogP contribution in [-0.2, 0) is 6.54 Å². The Balaban J connectivity index is 1.67. The molecular weight excluding hydrogens is 288 g/mol. The molecule has 0 aromatic carbocycles. The maximum atomic E-state index is 12.2. The molecule has 0 saturated carbocycles. The van der Waals surface area contributed by atoms with Crippen LogP contribution in [0.15, 0.2) is 18.3 Å². The fourth-order valence-corrected chi connectivity index (χ4v) is 3.16. The number of nitrogens with one attached hydrogen (secondary N) is 1. The van der Waals surface area contributed by atoms with Crippen LogP contribution >= 0.6 is 11.3 Å². The molecule has 1 fully saturated rings. The standard InChI is InChI=1S/C13H16N6OS/c14-11-10(21-13(17-11)19-6-1-2-7-19)12(20)15-8-9-4-3-5-16-18-9/h3-5H,1-2,6-8,14H2,(H,15,20). The summed E-state index contributed by atoms with van der Waals surface area (Å²) in [5.41, 5.74) is 6.57. The maximum Gasteiger partial charge on any atom is 0.265 e. The SMILES string of the molecule is Nc1nc(N2CCCC2)sc1C(=O)NCc1cccnn1. The van der Waals surface area contributed by atoms with E-state index in [0.29, 0.717) is 22.9 Å². The minimum atomic E-state index is -0.221. The predicted octanol–water partition coefficient (Wildman–Crippen LogP) is 1.05. The highest BCUT2D eigenvalue weighted by atomic mass is 32.1. The summed E-state index contributed by atoms with van der Waals surface area (Å²) in [4.78, 5) is 19.1. The topological polar surface area (TPSA) is 97.0 Å². The number of nitrogens with zero attached hydrogens (tertiary/aromatic N) is 4. The van der Waals surface area contributed by atoms with E-state index in [1.807, 2.05) is 0 Å². The van der Waals surface area contributed by atoms with E-state index in [-0.39, 0.29) is 5.91 Å². The number of nitrogens with two attached hydrogens (primary N) is 1. The van der Waals surface area contributed by atoms with Crippen molar-refractivity contribution in [1.29, 1.82) is 0 Å². The van der Waals surface area contributed by atoms with Gasteiger partial charge in [-0.2, -0.15) is 10.2 Å². The second-order valence-corrected chi connectivity index (χ2v) is 5.78. The first-order chi connectivity index (χ1) is 10.2. The average Bonchev–Trinajstić information content (AvgIpc) is 3.15. The normalized spacial score (nSPS) is 14.4. The molecule has 0 spiro atoms. The van der Waals surface area contributed by atoms with E-state index in [4.69, 9.17) is 5.73 Å². The van der Waals surface area contributed by atoms with Crippen LogP contribution in [0.2, 0.25) is 0 Å². The molecule has 21 heavy (non-hydrogen) atoms. The van der Waals surface area contributed by atoms with Crippen LogP contribution in [-0.4, -0.2) is 34.2 Å². The Morgan fingerprint density at radius 3 is 2.95 bits per heavy atom. The fourth-order valence-electron chi connectivity index (χ4n) is 2.21. The zero-order chi connectivity index (χ0) is 14.7. The lowest BCUT2D eigenvalue weighted by molar-refractivity contribution is 0.0955. The summed E-state index contributed by atoms with van der Waals surface area (Å²) in [7, 11) is 0. The van der Waals surface area contributed by atoms with E-state index in [9.17, 15) is 4.79 Å². The van der Waals surface area contributed by atoms with E-state index in [0.717, 1.165) is 31.1 Å². The monoisotopic (exact) mass is 304 g/mol. The molecule has 7 nitrogen and oxygen atoms in total. The summed E-state index contributed by atoms with van der Waals surface area (Å²) in [5, 5.41) is 11.3. The average molecular weight is 304 g/mol. The van der Waals surface area contributed by atoms with Crippen LogP contribution in [0, 0.1) is 0 Å². The Labute approximate surface area is 126 Å². The van der Waals surface area contributed by atoms with Crippen LogP contribution in [0.25, 0.3) is 0 Å². The summed E-state index contributed by atoms with van der Waals surface area (Å²) in [5.74, 6) is 0.0691. The first-order valence-electron chi connectivity index (χ1n) is 6.80. The number of thiazole rings is 1. The molecule has 0 unspecified atom stereocenters. The van der Waals surface area contributed by atoms with Crippen LogP contribution < -0.4 is 16.0 Å². The smallest absolute Gasteiger partial charge is 0.265 e. The van der Waals surface area contributed by atoms with Crippen molar-refractivity contribution in [2.45, 2.75) is 19.4 Å². The lowest BCUT2D eigenvalue weighted by Gasteiger charge is -2.11. The van der Waals surface area contributed by atoms with Gasteiger partial charge in [-0.05, 0) is 25.0 Å². The molecule has 3 N–H and O–H groups in total. The number of nitrogen functional groups attached to an aromatic ring is 1. The van der Waals surface area contributed by atoms with Gasteiger partial charge in [0.15, 0.2) is 5.13 Å². The summed E-state index contributed by atoms with van der Waals surface area (Å²) >= 11 is 1.34. The van der Waals surface area contributed by atoms with E-state index < -0.39 is 0 Å². The molecule has 0 atom stereocenters. The highest BCUT2D eigenvalue weighted by molar-refractivity contribution is 7.18. The number of carbonyl (C=O) groups excluding carboxylic acids is 1. The van der Waals surface area contributed by atoms with Crippen molar-refractivity contribution in [3.8, 4) is 0 Å². The molecule has 2 aromatic rings. The molecule has 110 valence electrons. The Kier molecular flexibility index (Phi) is 3.96. The van der Waals surface area contributed by atoms with Crippen molar-refractivity contribution in [2.75, 3.05) is 23.7 Å². The Hall–Kier alpha value is -2.22. The Morgan fingerprint density at radius 2 is 2.24 bits per heavy atom. The highest BCUT2D eigenvalue weighted by Gasteiger charge is 2.21. The van der Waals surface area contributed by atoms with E-state index in [1.54, 1.807) is 18.3 Å². The van der Waals surface area contributed by atoms with E-state index in [2.05, 4.69) is 25.4 Å². The number of rotatable bonds is 4. The second-order valence-electron chi connectivity index (χ2n) is 4.80. The molecule has 3 heterocycles. The molecule has 1 aliphatic rings. The molecule has 0 bridgehead atoms. The zero-order valence-corrected chi connectivity index (χ0v) is 12.3. The van der Waals surface area contributed by atoms with Gasteiger partial charge in [-0.25, -0.2) is 4.98 Å². The van der Waals surface area contributed by atoms with E-state index >= 15 is 0 Å². The number of hydrogen-bond acceptors (Lipinski definition) is 7.